The highest BCUT2D eigenvalue weighted by Gasteiger charge is 2.78. The van der Waals surface area contributed by atoms with E-state index in [2.05, 4.69) is 0 Å². The minimum absolute atomic E-state index is 0.0110. The number of nitro benzene ring substituents is 4. The van der Waals surface area contributed by atoms with Crippen LogP contribution >= 0.6 is 90.4 Å². The number of ether oxygens (including phenoxy) is 4. The molecule has 2 N–H and O–H groups in total. The second-order valence-corrected chi connectivity index (χ2v) is 29.7. The highest BCUT2D eigenvalue weighted by molar-refractivity contribution is 14.1. The monoisotopic (exact) mass is 1640 g/mol. The first-order valence-corrected chi connectivity index (χ1v) is 31.9. The number of carbonyl (C=O) groups is 4. The Kier molecular flexibility index (Phi) is 23.0. The number of aliphatic hydroxyl groups excluding tert-OH is 2. The summed E-state index contributed by atoms with van der Waals surface area (Å²) in [4.78, 5) is 94.3. The molecule has 2 saturated carbocycles. The summed E-state index contributed by atoms with van der Waals surface area (Å²) in [6, 6.07) is 19.4. The number of aliphatic hydroxyl groups is 2. The maximum absolute atomic E-state index is 13.3. The Hall–Kier alpha value is -4.80. The fourth-order valence-corrected chi connectivity index (χ4v) is 13.2. The number of nitro groups is 4. The fraction of sp³-hybridized carbons (Fsp3) is 0.533. The molecule has 2 saturated heterocycles. The van der Waals surface area contributed by atoms with Crippen LogP contribution < -0.4 is 0 Å². The zero-order valence-corrected chi connectivity index (χ0v) is 58.7. The number of fused-ring (bicyclic) bond motifs is 4. The van der Waals surface area contributed by atoms with Gasteiger partial charge in [0.15, 0.2) is 0 Å². The van der Waals surface area contributed by atoms with Crippen LogP contribution in [0, 0.1) is 100 Å². The largest absolute Gasteiger partial charge is 0.454 e. The predicted octanol–water partition coefficient (Wildman–Crippen LogP) is 14.9. The maximum Gasteiger partial charge on any atom is 0.351 e. The average Bonchev–Trinajstić information content (AvgIpc) is 1.56. The minimum Gasteiger partial charge on any atom is -0.454 e. The smallest absolute Gasteiger partial charge is 0.351 e. The third kappa shape index (κ3) is 13.8. The zero-order chi connectivity index (χ0) is 65.3. The van der Waals surface area contributed by atoms with Gasteiger partial charge in [0.25, 0.3) is 22.7 Å². The van der Waals surface area contributed by atoms with Crippen LogP contribution in [-0.2, 0) is 38.1 Å². The van der Waals surface area contributed by atoms with E-state index in [1.807, 2.05) is 187 Å². The SMILES string of the molecule is CC(C)[C@@H](O)c1ccc(I)cc1[N+](=O)[O-].CC(C)[C@@H](OC(=O)[C@@]12CC[C@@](C)(C(=O)O1)C2(C)C)c1ccc(I)cc1[N+](=O)[O-].CC(C)[C@H](O)c1ccc(I)cc1[N+](=O)[O-].CC(C)[C@H](OC(=O)[C@@]12CC[C@@](C)(C(=O)O1)C2(C)C)c1ccc(I)cc1[N+](=O)[O-]. The van der Waals surface area contributed by atoms with Crippen molar-refractivity contribution in [2.24, 2.45) is 45.3 Å². The van der Waals surface area contributed by atoms with Gasteiger partial charge in [-0.2, -0.15) is 0 Å². The fourth-order valence-electron chi connectivity index (χ4n) is 11.3. The molecule has 22 nitrogen and oxygen atoms in total. The third-order valence-corrected chi connectivity index (χ3v) is 20.5. The number of halogens is 4. The normalized spacial score (nSPS) is 23.3. The summed E-state index contributed by atoms with van der Waals surface area (Å²) in [5, 5.41) is 64.3. The molecule has 86 heavy (non-hydrogen) atoms. The van der Waals surface area contributed by atoms with Crippen molar-refractivity contribution < 1.29 is 68.0 Å². The van der Waals surface area contributed by atoms with Crippen molar-refractivity contribution in [3.8, 4) is 0 Å². The van der Waals surface area contributed by atoms with Crippen LogP contribution in [0.5, 0.6) is 0 Å². The molecule has 2 aliphatic carbocycles. The summed E-state index contributed by atoms with van der Waals surface area (Å²) in [6.45, 7) is 25.7. The summed E-state index contributed by atoms with van der Waals surface area (Å²) >= 11 is 8.03. The molecule has 0 aromatic heterocycles. The summed E-state index contributed by atoms with van der Waals surface area (Å²) in [5.74, 6) is -2.51. The molecular formula is C60H72I4N4O18. The lowest BCUT2D eigenvalue weighted by atomic mass is 9.66. The number of esters is 4. The van der Waals surface area contributed by atoms with Crippen LogP contribution in [0.3, 0.4) is 0 Å². The Morgan fingerprint density at radius 3 is 0.895 bits per heavy atom. The van der Waals surface area contributed by atoms with Gasteiger partial charge in [-0.05, 0) is 202 Å². The molecule has 4 aromatic carbocycles. The van der Waals surface area contributed by atoms with Crippen molar-refractivity contribution >= 4 is 137 Å². The Morgan fingerprint density at radius 2 is 0.698 bits per heavy atom. The molecule has 26 heteroatoms. The standard InChI is InChI=1S/2C20H24INO6.2C10H12INO3/c2*1-11(2)15(13-7-6-12(21)10-14(13)22(25)26)27-17(24)20-9-8-19(5,16(23)28-20)18(20,3)4;2*1-6(2)10(13)8-4-3-7(11)5-9(8)12(14)15/h2*6-7,10-11,15H,8-9H2,1-5H3;2*3-6,10,13H,1-2H3/t15-,19+,20-;15-,19-,20+;2*10-/m1010/s1. The van der Waals surface area contributed by atoms with Gasteiger partial charge in [-0.3, -0.25) is 50.0 Å². The van der Waals surface area contributed by atoms with E-state index in [-0.39, 0.29) is 58.4 Å². The van der Waals surface area contributed by atoms with Gasteiger partial charge in [0, 0.05) is 49.4 Å². The predicted molar refractivity (Wildman–Crippen MR) is 350 cm³/mol. The number of carbonyl (C=O) groups excluding carboxylic acids is 4. The lowest BCUT2D eigenvalue weighted by Crippen LogP contribution is -2.49. The van der Waals surface area contributed by atoms with E-state index in [9.17, 15) is 69.8 Å². The van der Waals surface area contributed by atoms with Crippen molar-refractivity contribution in [1.29, 1.82) is 0 Å². The molecule has 0 radical (unpaired) electrons. The first kappa shape index (κ1) is 71.9. The molecule has 0 unspecified atom stereocenters. The van der Waals surface area contributed by atoms with E-state index < -0.39 is 88.9 Å². The Bertz CT molecular complexity index is 3100. The number of nitrogens with zero attached hydrogens (tertiary/aromatic N) is 4. The van der Waals surface area contributed by atoms with Crippen LogP contribution in [0.15, 0.2) is 72.8 Å². The summed E-state index contributed by atoms with van der Waals surface area (Å²) < 4.78 is 25.9. The molecule has 4 aromatic rings. The van der Waals surface area contributed by atoms with Crippen LogP contribution in [0.1, 0.15) is 169 Å². The van der Waals surface area contributed by atoms with Gasteiger partial charge in [0.05, 0.1) is 65.0 Å². The first-order chi connectivity index (χ1) is 39.6. The van der Waals surface area contributed by atoms with E-state index in [4.69, 9.17) is 18.9 Å². The molecule has 2 heterocycles. The third-order valence-electron chi connectivity index (χ3n) is 17.8. The number of rotatable bonds is 16. The van der Waals surface area contributed by atoms with E-state index >= 15 is 0 Å². The molecule has 0 amide bonds. The molecule has 2 aliphatic heterocycles. The van der Waals surface area contributed by atoms with Gasteiger partial charge in [-0.25, -0.2) is 9.59 Å². The second-order valence-electron chi connectivity index (χ2n) is 24.7. The minimum atomic E-state index is -1.36. The topological polar surface area (TPSA) is 318 Å². The summed E-state index contributed by atoms with van der Waals surface area (Å²) in [7, 11) is 0. The molecular weight excluding hydrogens is 1570 g/mol. The molecule has 468 valence electrons. The Balaban J connectivity index is 0.000000219. The first-order valence-electron chi connectivity index (χ1n) is 27.6. The lowest BCUT2D eigenvalue weighted by Gasteiger charge is -2.36. The second kappa shape index (κ2) is 27.5. The lowest BCUT2D eigenvalue weighted by molar-refractivity contribution is -0.386. The van der Waals surface area contributed by atoms with Crippen molar-refractivity contribution in [3.63, 3.8) is 0 Å². The highest BCUT2D eigenvalue weighted by Crippen LogP contribution is 2.67. The van der Waals surface area contributed by atoms with Gasteiger partial charge in [0.1, 0.15) is 12.2 Å². The average molecular weight is 1640 g/mol. The van der Waals surface area contributed by atoms with Crippen LogP contribution in [-0.4, -0.2) is 65.0 Å². The van der Waals surface area contributed by atoms with E-state index in [0.29, 0.717) is 47.9 Å². The van der Waals surface area contributed by atoms with Gasteiger partial charge in [0.2, 0.25) is 11.2 Å². The molecule has 4 bridgehead atoms. The van der Waals surface area contributed by atoms with E-state index in [1.54, 1.807) is 48.5 Å². The number of hydrogen-bond donors (Lipinski definition) is 2. The van der Waals surface area contributed by atoms with Crippen molar-refractivity contribution in [2.45, 2.75) is 158 Å². The molecule has 8 rings (SSSR count). The van der Waals surface area contributed by atoms with Gasteiger partial charge in [-0.15, -0.1) is 0 Å². The van der Waals surface area contributed by atoms with Gasteiger partial charge < -0.3 is 29.2 Å². The van der Waals surface area contributed by atoms with Crippen LogP contribution in [0.2, 0.25) is 0 Å². The van der Waals surface area contributed by atoms with Crippen molar-refractivity contribution in [1.82, 2.24) is 0 Å². The number of hydrogen-bond acceptors (Lipinski definition) is 18. The molecule has 4 aliphatic rings. The van der Waals surface area contributed by atoms with Crippen molar-refractivity contribution in [3.05, 3.63) is 150 Å². The zero-order valence-electron chi connectivity index (χ0n) is 50.1. The maximum atomic E-state index is 13.3. The molecule has 4 fully saturated rings. The molecule has 8 atom stereocenters. The summed E-state index contributed by atoms with van der Waals surface area (Å²) in [5.41, 5.74) is -4.40. The van der Waals surface area contributed by atoms with Crippen LogP contribution in [0.4, 0.5) is 22.7 Å². The van der Waals surface area contributed by atoms with Crippen LogP contribution in [0.25, 0.3) is 0 Å². The van der Waals surface area contributed by atoms with E-state index in [0.717, 1.165) is 14.3 Å². The molecule has 0 spiro atoms. The number of benzene rings is 4. The quantitative estimate of drug-likeness (QED) is 0.0346. The highest BCUT2D eigenvalue weighted by atomic mass is 127. The summed E-state index contributed by atoms with van der Waals surface area (Å²) in [6.07, 6.45) is -1.35. The van der Waals surface area contributed by atoms with Gasteiger partial charge in [-0.1, -0.05) is 83.1 Å². The van der Waals surface area contributed by atoms with E-state index in [1.165, 1.54) is 24.3 Å². The Labute approximate surface area is 553 Å². The van der Waals surface area contributed by atoms with Crippen molar-refractivity contribution in [2.75, 3.05) is 0 Å². The van der Waals surface area contributed by atoms with Gasteiger partial charge >= 0.3 is 23.9 Å². The Morgan fingerprint density at radius 1 is 0.453 bits per heavy atom.